The molecule has 0 amide bonds. The summed E-state index contributed by atoms with van der Waals surface area (Å²) in [6, 6.07) is 7.62. The van der Waals surface area contributed by atoms with Crippen LogP contribution in [0.1, 0.15) is 5.76 Å². The molecule has 118 valence electrons. The third-order valence-corrected chi connectivity index (χ3v) is 4.70. The van der Waals surface area contributed by atoms with Crippen LogP contribution >= 0.6 is 35.4 Å². The average molecular weight is 380 g/mol. The Labute approximate surface area is 142 Å². The van der Waals surface area contributed by atoms with Gasteiger partial charge in [0.2, 0.25) is 0 Å². The number of hydrogen-bond donors (Lipinski definition) is 3. The average Bonchev–Trinajstić information content (AvgIpc) is 2.99. The molecule has 0 saturated heterocycles. The maximum absolute atomic E-state index is 12.1. The van der Waals surface area contributed by atoms with Crippen molar-refractivity contribution in [3.63, 3.8) is 0 Å². The monoisotopic (exact) mass is 379 g/mol. The second kappa shape index (κ2) is 7.30. The highest BCUT2D eigenvalue weighted by molar-refractivity contribution is 7.89. The van der Waals surface area contributed by atoms with Crippen molar-refractivity contribution in [1.82, 2.24) is 15.6 Å². The van der Waals surface area contributed by atoms with Gasteiger partial charge in [0.25, 0.3) is 10.0 Å². The van der Waals surface area contributed by atoms with Crippen LogP contribution in [0.4, 0.5) is 0 Å². The van der Waals surface area contributed by atoms with Crippen molar-refractivity contribution in [3.8, 4) is 0 Å². The first-order chi connectivity index (χ1) is 10.4. The van der Waals surface area contributed by atoms with Crippen molar-refractivity contribution in [1.29, 1.82) is 0 Å². The zero-order valence-corrected chi connectivity index (χ0v) is 14.1. The molecule has 0 aliphatic heterocycles. The molecule has 2 aromatic rings. The van der Waals surface area contributed by atoms with Gasteiger partial charge in [0.1, 0.15) is 10.7 Å². The number of nitrogens with one attached hydrogen (secondary N) is 3. The van der Waals surface area contributed by atoms with Gasteiger partial charge >= 0.3 is 0 Å². The third kappa shape index (κ3) is 4.59. The van der Waals surface area contributed by atoms with Crippen LogP contribution in [0.25, 0.3) is 0 Å². The normalized spacial score (nSPS) is 11.2. The van der Waals surface area contributed by atoms with Gasteiger partial charge in [-0.3, -0.25) is 5.43 Å². The van der Waals surface area contributed by atoms with Crippen LogP contribution < -0.4 is 15.6 Å². The van der Waals surface area contributed by atoms with Crippen molar-refractivity contribution in [2.24, 2.45) is 0 Å². The molecule has 2 rings (SSSR count). The molecule has 0 saturated carbocycles. The molecule has 6 nitrogen and oxygen atoms in total. The van der Waals surface area contributed by atoms with Crippen molar-refractivity contribution in [3.05, 3.63) is 52.4 Å². The lowest BCUT2D eigenvalue weighted by Crippen LogP contribution is -2.46. The summed E-state index contributed by atoms with van der Waals surface area (Å²) in [5.41, 5.74) is 2.37. The van der Waals surface area contributed by atoms with Crippen LogP contribution in [0, 0.1) is 0 Å². The van der Waals surface area contributed by atoms with Crippen LogP contribution in [-0.4, -0.2) is 13.5 Å². The zero-order chi connectivity index (χ0) is 16.2. The maximum Gasteiger partial charge on any atom is 0.258 e. The molecule has 0 aliphatic rings. The Balaban J connectivity index is 1.94. The minimum atomic E-state index is -3.91. The maximum atomic E-state index is 12.1. The molecule has 0 bridgehead atoms. The minimum absolute atomic E-state index is 0.0492. The number of rotatable bonds is 5. The van der Waals surface area contributed by atoms with Gasteiger partial charge in [-0.1, -0.05) is 23.2 Å². The van der Waals surface area contributed by atoms with E-state index in [9.17, 15) is 8.42 Å². The smallest absolute Gasteiger partial charge is 0.258 e. The van der Waals surface area contributed by atoms with Gasteiger partial charge in [-0.15, -0.1) is 4.83 Å². The SMILES string of the molecule is O=S(=O)(NNC(=S)NCc1ccco1)c1cc(Cl)ccc1Cl. The molecule has 1 aromatic carbocycles. The molecule has 0 fully saturated rings. The highest BCUT2D eigenvalue weighted by Crippen LogP contribution is 2.24. The summed E-state index contributed by atoms with van der Waals surface area (Å²) in [5, 5.41) is 3.16. The van der Waals surface area contributed by atoms with Crippen LogP contribution in [0.3, 0.4) is 0 Å². The second-order valence-corrected chi connectivity index (χ2v) is 6.97. The van der Waals surface area contributed by atoms with Crippen molar-refractivity contribution < 1.29 is 12.8 Å². The van der Waals surface area contributed by atoms with Crippen LogP contribution in [0.15, 0.2) is 45.9 Å². The lowest BCUT2D eigenvalue weighted by molar-refractivity contribution is 0.502. The van der Waals surface area contributed by atoms with Crippen LogP contribution in [0.5, 0.6) is 0 Å². The molecular weight excluding hydrogens is 369 g/mol. The lowest BCUT2D eigenvalue weighted by Gasteiger charge is -2.12. The first-order valence-corrected chi connectivity index (χ1v) is 8.56. The first kappa shape index (κ1) is 17.0. The molecule has 0 radical (unpaired) electrons. The van der Waals surface area contributed by atoms with E-state index >= 15 is 0 Å². The number of furan rings is 1. The van der Waals surface area contributed by atoms with E-state index < -0.39 is 10.0 Å². The Morgan fingerprint density at radius 1 is 1.27 bits per heavy atom. The van der Waals surface area contributed by atoms with Gasteiger partial charge in [-0.2, -0.15) is 0 Å². The number of halogens is 2. The van der Waals surface area contributed by atoms with Gasteiger partial charge in [-0.25, -0.2) is 8.42 Å². The van der Waals surface area contributed by atoms with E-state index in [0.29, 0.717) is 12.3 Å². The fourth-order valence-corrected chi connectivity index (χ4v) is 3.28. The quantitative estimate of drug-likeness (QED) is 0.546. The van der Waals surface area contributed by atoms with E-state index in [-0.39, 0.29) is 20.1 Å². The fraction of sp³-hybridized carbons (Fsp3) is 0.0833. The summed E-state index contributed by atoms with van der Waals surface area (Å²) in [6.45, 7) is 0.318. The Morgan fingerprint density at radius 3 is 2.73 bits per heavy atom. The van der Waals surface area contributed by atoms with Crippen molar-refractivity contribution >= 4 is 50.6 Å². The topological polar surface area (TPSA) is 83.4 Å². The summed E-state index contributed by atoms with van der Waals surface area (Å²) in [4.78, 5) is 1.97. The lowest BCUT2D eigenvalue weighted by atomic mass is 10.4. The van der Waals surface area contributed by atoms with Gasteiger partial charge < -0.3 is 9.73 Å². The van der Waals surface area contributed by atoms with E-state index in [0.717, 1.165) is 0 Å². The molecule has 0 atom stereocenters. The van der Waals surface area contributed by atoms with Gasteiger partial charge in [-0.05, 0) is 42.5 Å². The largest absolute Gasteiger partial charge is 0.467 e. The van der Waals surface area contributed by atoms with Crippen molar-refractivity contribution in [2.75, 3.05) is 0 Å². The molecular formula is C12H11Cl2N3O3S2. The third-order valence-electron chi connectivity index (χ3n) is 2.48. The second-order valence-electron chi connectivity index (χ2n) is 4.07. The summed E-state index contributed by atoms with van der Waals surface area (Å²) in [5.74, 6) is 0.657. The van der Waals surface area contributed by atoms with Gasteiger partial charge in [0.05, 0.1) is 17.8 Å². The summed E-state index contributed by atoms with van der Waals surface area (Å²) >= 11 is 16.6. The molecule has 3 N–H and O–H groups in total. The molecule has 22 heavy (non-hydrogen) atoms. The Kier molecular flexibility index (Phi) is 5.65. The molecule has 0 aliphatic carbocycles. The molecule has 0 unspecified atom stereocenters. The predicted molar refractivity (Wildman–Crippen MR) is 88.1 cm³/mol. The molecule has 0 spiro atoms. The van der Waals surface area contributed by atoms with Crippen molar-refractivity contribution in [2.45, 2.75) is 11.4 Å². The molecule has 1 aromatic heterocycles. The Bertz CT molecular complexity index is 764. The van der Waals surface area contributed by atoms with Gasteiger partial charge in [0.15, 0.2) is 5.11 Å². The molecule has 10 heteroatoms. The van der Waals surface area contributed by atoms with E-state index in [2.05, 4.69) is 15.6 Å². The highest BCUT2D eigenvalue weighted by Gasteiger charge is 2.18. The first-order valence-electron chi connectivity index (χ1n) is 5.91. The predicted octanol–water partition coefficient (Wildman–Crippen LogP) is 2.44. The Morgan fingerprint density at radius 2 is 2.05 bits per heavy atom. The van der Waals surface area contributed by atoms with E-state index in [1.807, 2.05) is 0 Å². The standard InChI is InChI=1S/C12H11Cl2N3O3S2/c13-8-3-4-10(14)11(6-8)22(18,19)17-16-12(21)15-7-9-2-1-5-20-9/h1-6,17H,7H2,(H2,15,16,21). The molecule has 1 heterocycles. The van der Waals surface area contributed by atoms with Crippen LogP contribution in [0.2, 0.25) is 10.0 Å². The van der Waals surface area contributed by atoms with Gasteiger partial charge in [0, 0.05) is 5.02 Å². The number of hydrazine groups is 1. The zero-order valence-electron chi connectivity index (χ0n) is 11.0. The summed E-state index contributed by atoms with van der Waals surface area (Å²) in [6.07, 6.45) is 1.53. The fourth-order valence-electron chi connectivity index (χ4n) is 1.48. The number of thiocarbonyl (C=S) groups is 1. The van der Waals surface area contributed by atoms with Crippen LogP contribution in [-0.2, 0) is 16.6 Å². The number of sulfonamides is 1. The van der Waals surface area contributed by atoms with E-state index in [1.54, 1.807) is 12.1 Å². The number of hydrogen-bond acceptors (Lipinski definition) is 4. The summed E-state index contributed by atoms with van der Waals surface area (Å²) < 4.78 is 29.3. The minimum Gasteiger partial charge on any atom is -0.467 e. The highest BCUT2D eigenvalue weighted by atomic mass is 35.5. The van der Waals surface area contributed by atoms with E-state index in [1.165, 1.54) is 24.5 Å². The van der Waals surface area contributed by atoms with E-state index in [4.69, 9.17) is 39.8 Å². The Hall–Kier alpha value is -1.32. The summed E-state index contributed by atoms with van der Waals surface area (Å²) in [7, 11) is -3.91. The number of benzene rings is 1.